The van der Waals surface area contributed by atoms with Crippen molar-refractivity contribution < 1.29 is 18.3 Å². The Morgan fingerprint density at radius 2 is 1.53 bits per heavy atom. The lowest BCUT2D eigenvalue weighted by Crippen LogP contribution is -1.88. The van der Waals surface area contributed by atoms with E-state index in [1.807, 2.05) is 0 Å². The van der Waals surface area contributed by atoms with Gasteiger partial charge in [-0.2, -0.15) is 0 Å². The first-order valence-electron chi connectivity index (χ1n) is 4.87. The fourth-order valence-corrected chi connectivity index (χ4v) is 1.29. The van der Waals surface area contributed by atoms with Crippen molar-refractivity contribution in [3.63, 3.8) is 0 Å². The van der Waals surface area contributed by atoms with Crippen LogP contribution in [0.3, 0.4) is 0 Å². The fraction of sp³-hybridized carbons (Fsp3) is 0. The number of halogens is 2. The lowest BCUT2D eigenvalue weighted by atomic mass is 10.2. The third-order valence-corrected chi connectivity index (χ3v) is 2.14. The van der Waals surface area contributed by atoms with Crippen molar-refractivity contribution in [2.45, 2.75) is 0 Å². The van der Waals surface area contributed by atoms with Gasteiger partial charge in [0.1, 0.15) is 17.8 Å². The van der Waals surface area contributed by atoms with Crippen molar-refractivity contribution in [1.82, 2.24) is 0 Å². The third-order valence-electron chi connectivity index (χ3n) is 2.14. The summed E-state index contributed by atoms with van der Waals surface area (Å²) in [6.07, 6.45) is 0.710. The molecule has 0 fully saturated rings. The Balaban J connectivity index is 2.19. The molecule has 0 atom stereocenters. The van der Waals surface area contributed by atoms with Gasteiger partial charge in [0.25, 0.3) is 0 Å². The molecule has 0 aliphatic heterocycles. The van der Waals surface area contributed by atoms with Gasteiger partial charge in [0, 0.05) is 11.6 Å². The molecule has 4 heteroatoms. The molecular formula is C13H8F2O2. The average molecular weight is 234 g/mol. The maximum atomic E-state index is 12.9. The van der Waals surface area contributed by atoms with E-state index >= 15 is 0 Å². The summed E-state index contributed by atoms with van der Waals surface area (Å²) in [7, 11) is 0. The first-order valence-corrected chi connectivity index (χ1v) is 4.87. The Morgan fingerprint density at radius 3 is 2.12 bits per heavy atom. The molecule has 2 aromatic rings. The normalized spacial score (nSPS) is 10.0. The Labute approximate surface area is 96.5 Å². The Bertz CT molecular complexity index is 536. The first kappa shape index (κ1) is 11.3. The predicted octanol–water partition coefficient (Wildman–Crippen LogP) is 3.57. The van der Waals surface area contributed by atoms with E-state index in [9.17, 15) is 13.6 Å². The van der Waals surface area contributed by atoms with Crippen LogP contribution in [0.1, 0.15) is 10.4 Å². The molecule has 2 nitrogen and oxygen atoms in total. The van der Waals surface area contributed by atoms with Crippen molar-refractivity contribution in [3.8, 4) is 11.5 Å². The molecule has 0 aliphatic rings. The van der Waals surface area contributed by atoms with Gasteiger partial charge in [-0.05, 0) is 36.4 Å². The average Bonchev–Trinajstić information content (AvgIpc) is 2.35. The van der Waals surface area contributed by atoms with Crippen LogP contribution in [0.4, 0.5) is 8.78 Å². The summed E-state index contributed by atoms with van der Waals surface area (Å²) in [6.45, 7) is 0. The highest BCUT2D eigenvalue weighted by molar-refractivity contribution is 5.74. The quantitative estimate of drug-likeness (QED) is 0.759. The summed E-state index contributed by atoms with van der Waals surface area (Å²) in [5.74, 6) is -1.25. The van der Waals surface area contributed by atoms with Crippen LogP contribution in [0.2, 0.25) is 0 Å². The number of hydrogen-bond acceptors (Lipinski definition) is 2. The van der Waals surface area contributed by atoms with Gasteiger partial charge in [-0.1, -0.05) is 0 Å². The zero-order valence-electron chi connectivity index (χ0n) is 8.69. The smallest absolute Gasteiger partial charge is 0.162 e. The summed E-state index contributed by atoms with van der Waals surface area (Å²) in [5, 5.41) is 0. The van der Waals surface area contributed by atoms with Gasteiger partial charge in [0.05, 0.1) is 0 Å². The summed E-state index contributed by atoms with van der Waals surface area (Å²) in [4.78, 5) is 10.4. The van der Waals surface area contributed by atoms with E-state index in [1.54, 1.807) is 24.3 Å². The maximum Gasteiger partial charge on any atom is 0.162 e. The van der Waals surface area contributed by atoms with E-state index in [-0.39, 0.29) is 5.75 Å². The third kappa shape index (κ3) is 2.66. The van der Waals surface area contributed by atoms with Crippen molar-refractivity contribution in [1.29, 1.82) is 0 Å². The van der Waals surface area contributed by atoms with Gasteiger partial charge >= 0.3 is 0 Å². The fourth-order valence-electron chi connectivity index (χ4n) is 1.29. The topological polar surface area (TPSA) is 26.3 Å². The van der Waals surface area contributed by atoms with E-state index in [4.69, 9.17) is 4.74 Å². The molecule has 2 rings (SSSR count). The van der Waals surface area contributed by atoms with Gasteiger partial charge in [-0.25, -0.2) is 8.78 Å². The molecular weight excluding hydrogens is 226 g/mol. The van der Waals surface area contributed by atoms with Crippen molar-refractivity contribution in [2.75, 3.05) is 0 Å². The molecule has 0 aliphatic carbocycles. The predicted molar refractivity (Wildman–Crippen MR) is 58.3 cm³/mol. The minimum absolute atomic E-state index is 0.197. The standard InChI is InChI=1S/C13H8F2O2/c14-12-6-5-11(7-13(12)15)17-10-3-1-9(8-16)2-4-10/h1-8H. The summed E-state index contributed by atoms with van der Waals surface area (Å²) < 4.78 is 30.9. The van der Waals surface area contributed by atoms with Crippen molar-refractivity contribution in [3.05, 3.63) is 59.7 Å². The second-order valence-electron chi connectivity index (χ2n) is 3.36. The van der Waals surface area contributed by atoms with Gasteiger partial charge in [-0.15, -0.1) is 0 Å². The number of rotatable bonds is 3. The lowest BCUT2D eigenvalue weighted by molar-refractivity contribution is 0.112. The number of carbonyl (C=O) groups excluding carboxylic acids is 1. The second-order valence-corrected chi connectivity index (χ2v) is 3.36. The zero-order valence-corrected chi connectivity index (χ0v) is 8.69. The molecule has 0 radical (unpaired) electrons. The largest absolute Gasteiger partial charge is 0.457 e. The number of aldehydes is 1. The Hall–Kier alpha value is -2.23. The van der Waals surface area contributed by atoms with Gasteiger partial charge < -0.3 is 4.74 Å². The first-order chi connectivity index (χ1) is 8.19. The molecule has 0 spiro atoms. The molecule has 0 heterocycles. The zero-order chi connectivity index (χ0) is 12.3. The number of ether oxygens (including phenoxy) is 1. The highest BCUT2D eigenvalue weighted by Crippen LogP contribution is 2.23. The molecule has 0 saturated heterocycles. The van der Waals surface area contributed by atoms with E-state index in [0.717, 1.165) is 12.1 Å². The van der Waals surface area contributed by atoms with Crippen LogP contribution in [0.25, 0.3) is 0 Å². The molecule has 0 amide bonds. The molecule has 0 bridgehead atoms. The van der Waals surface area contributed by atoms with Crippen LogP contribution in [0.15, 0.2) is 42.5 Å². The maximum absolute atomic E-state index is 12.9. The van der Waals surface area contributed by atoms with Crippen LogP contribution >= 0.6 is 0 Å². The Kier molecular flexibility index (Phi) is 3.14. The van der Waals surface area contributed by atoms with Gasteiger partial charge in [-0.3, -0.25) is 4.79 Å². The van der Waals surface area contributed by atoms with E-state index in [0.29, 0.717) is 17.6 Å². The molecule has 86 valence electrons. The minimum Gasteiger partial charge on any atom is -0.457 e. The second kappa shape index (κ2) is 4.74. The Morgan fingerprint density at radius 1 is 0.882 bits per heavy atom. The molecule has 0 saturated carbocycles. The number of hydrogen-bond donors (Lipinski definition) is 0. The van der Waals surface area contributed by atoms with Crippen LogP contribution < -0.4 is 4.74 Å². The number of carbonyl (C=O) groups is 1. The van der Waals surface area contributed by atoms with Crippen LogP contribution in [0.5, 0.6) is 11.5 Å². The van der Waals surface area contributed by atoms with Crippen LogP contribution in [-0.2, 0) is 0 Å². The summed E-state index contributed by atoms with van der Waals surface area (Å²) in [6, 6.07) is 9.57. The number of benzene rings is 2. The van der Waals surface area contributed by atoms with E-state index in [2.05, 4.69) is 0 Å². The SMILES string of the molecule is O=Cc1ccc(Oc2ccc(F)c(F)c2)cc1. The minimum atomic E-state index is -0.966. The summed E-state index contributed by atoms with van der Waals surface area (Å²) in [5.41, 5.74) is 0.516. The highest BCUT2D eigenvalue weighted by Gasteiger charge is 2.04. The molecule has 17 heavy (non-hydrogen) atoms. The van der Waals surface area contributed by atoms with E-state index in [1.165, 1.54) is 6.07 Å². The van der Waals surface area contributed by atoms with Crippen molar-refractivity contribution >= 4 is 6.29 Å². The summed E-state index contributed by atoms with van der Waals surface area (Å²) >= 11 is 0. The molecule has 2 aromatic carbocycles. The molecule has 0 N–H and O–H groups in total. The van der Waals surface area contributed by atoms with Crippen LogP contribution in [-0.4, -0.2) is 6.29 Å². The molecule has 0 aromatic heterocycles. The lowest BCUT2D eigenvalue weighted by Gasteiger charge is -2.05. The monoisotopic (exact) mass is 234 g/mol. The van der Waals surface area contributed by atoms with Crippen molar-refractivity contribution in [2.24, 2.45) is 0 Å². The highest BCUT2D eigenvalue weighted by atomic mass is 19.2. The molecule has 0 unspecified atom stereocenters. The van der Waals surface area contributed by atoms with Crippen LogP contribution in [0, 0.1) is 11.6 Å². The van der Waals surface area contributed by atoms with Gasteiger partial charge in [0.15, 0.2) is 11.6 Å². The van der Waals surface area contributed by atoms with E-state index < -0.39 is 11.6 Å². The van der Waals surface area contributed by atoms with Gasteiger partial charge in [0.2, 0.25) is 0 Å².